The number of carbonyl (C=O) groups excluding carboxylic acids is 2. The fraction of sp³-hybridized carbons (Fsp3) is 0.500. The maximum atomic E-state index is 12.3. The van der Waals surface area contributed by atoms with Gasteiger partial charge in [0.1, 0.15) is 17.8 Å². The molecule has 0 aliphatic heterocycles. The van der Waals surface area contributed by atoms with E-state index in [4.69, 9.17) is 11.5 Å². The molecule has 0 aliphatic carbocycles. The van der Waals surface area contributed by atoms with Crippen molar-refractivity contribution >= 4 is 30.4 Å². The van der Waals surface area contributed by atoms with Gasteiger partial charge in [-0.3, -0.25) is 9.59 Å². The van der Waals surface area contributed by atoms with E-state index in [1.807, 2.05) is 0 Å². The molecule has 156 valence electrons. The molecule has 8 N–H and O–H groups in total. The van der Waals surface area contributed by atoms with Crippen LogP contribution >= 0.6 is 12.6 Å². The standard InChI is InChI=1S/C18H28N4O5S/c19-8-2-1-3-14(18(26)27)21-17(25)15(10-28)22-16(24)13(20)9-11-4-6-12(23)7-5-11/h4-7,13-15,23,28H,1-3,8-10,19-20H2,(H,21,25)(H,22,24)(H,26,27)/t13-,14-,15-/m0/s1. The van der Waals surface area contributed by atoms with E-state index in [1.165, 1.54) is 12.1 Å². The van der Waals surface area contributed by atoms with E-state index in [1.54, 1.807) is 12.1 Å². The normalized spacial score (nSPS) is 14.0. The second-order valence-corrected chi connectivity index (χ2v) is 6.77. The average Bonchev–Trinajstić information content (AvgIpc) is 2.66. The Morgan fingerprint density at radius 2 is 1.64 bits per heavy atom. The molecule has 0 unspecified atom stereocenters. The zero-order valence-electron chi connectivity index (χ0n) is 15.5. The number of nitrogens with two attached hydrogens (primary N) is 2. The lowest BCUT2D eigenvalue weighted by Crippen LogP contribution is -2.55. The predicted molar refractivity (Wildman–Crippen MR) is 108 cm³/mol. The number of aliphatic carboxylic acids is 1. The summed E-state index contributed by atoms with van der Waals surface area (Å²) in [6.45, 7) is 0.439. The molecule has 1 rings (SSSR count). The number of carbonyl (C=O) groups is 3. The summed E-state index contributed by atoms with van der Waals surface area (Å²) in [7, 11) is 0. The Bertz CT molecular complexity index is 656. The van der Waals surface area contributed by atoms with Crippen LogP contribution in [0.2, 0.25) is 0 Å². The molecule has 0 saturated heterocycles. The van der Waals surface area contributed by atoms with Crippen molar-refractivity contribution < 1.29 is 24.6 Å². The van der Waals surface area contributed by atoms with Crippen molar-refractivity contribution in [1.82, 2.24) is 10.6 Å². The molecule has 28 heavy (non-hydrogen) atoms. The quantitative estimate of drug-likeness (QED) is 0.177. The Kier molecular flexibility index (Phi) is 10.4. The molecule has 0 fully saturated rings. The van der Waals surface area contributed by atoms with Crippen LogP contribution in [0.25, 0.3) is 0 Å². The topological polar surface area (TPSA) is 168 Å². The summed E-state index contributed by atoms with van der Waals surface area (Å²) in [6, 6.07) is 3.26. The zero-order chi connectivity index (χ0) is 21.1. The van der Waals surface area contributed by atoms with Gasteiger partial charge < -0.3 is 32.3 Å². The lowest BCUT2D eigenvalue weighted by atomic mass is 10.1. The van der Waals surface area contributed by atoms with Crippen molar-refractivity contribution in [2.24, 2.45) is 11.5 Å². The fourth-order valence-corrected chi connectivity index (χ4v) is 2.73. The second-order valence-electron chi connectivity index (χ2n) is 6.40. The molecule has 2 amide bonds. The van der Waals surface area contributed by atoms with Crippen LogP contribution in [0.15, 0.2) is 24.3 Å². The predicted octanol–water partition coefficient (Wildman–Crippen LogP) is -0.625. The number of phenols is 1. The molecular formula is C18H28N4O5S. The van der Waals surface area contributed by atoms with Crippen LogP contribution in [0.5, 0.6) is 5.75 Å². The number of unbranched alkanes of at least 4 members (excludes halogenated alkanes) is 1. The molecule has 0 saturated carbocycles. The zero-order valence-corrected chi connectivity index (χ0v) is 16.4. The number of hydrogen-bond acceptors (Lipinski definition) is 7. The van der Waals surface area contributed by atoms with Crippen molar-refractivity contribution in [1.29, 1.82) is 0 Å². The number of nitrogens with one attached hydrogen (secondary N) is 2. The van der Waals surface area contributed by atoms with Gasteiger partial charge in [-0.25, -0.2) is 4.79 Å². The first-order valence-electron chi connectivity index (χ1n) is 8.96. The van der Waals surface area contributed by atoms with Gasteiger partial charge in [0.25, 0.3) is 0 Å². The third-order valence-electron chi connectivity index (χ3n) is 4.11. The number of thiol groups is 1. The molecule has 0 spiro atoms. The highest BCUT2D eigenvalue weighted by Gasteiger charge is 2.27. The maximum Gasteiger partial charge on any atom is 0.326 e. The molecule has 0 radical (unpaired) electrons. The molecule has 1 aromatic rings. The van der Waals surface area contributed by atoms with Crippen molar-refractivity contribution in [2.75, 3.05) is 12.3 Å². The van der Waals surface area contributed by atoms with Crippen LogP contribution in [0, 0.1) is 0 Å². The molecule has 0 bridgehead atoms. The summed E-state index contributed by atoms with van der Waals surface area (Å²) in [5, 5.41) is 23.4. The van der Waals surface area contributed by atoms with E-state index in [2.05, 4.69) is 23.3 Å². The monoisotopic (exact) mass is 412 g/mol. The molecule has 10 heteroatoms. The van der Waals surface area contributed by atoms with Gasteiger partial charge in [0, 0.05) is 5.75 Å². The van der Waals surface area contributed by atoms with Crippen LogP contribution in [-0.2, 0) is 20.8 Å². The fourth-order valence-electron chi connectivity index (χ4n) is 2.47. The Morgan fingerprint density at radius 1 is 1.04 bits per heavy atom. The second kappa shape index (κ2) is 12.2. The van der Waals surface area contributed by atoms with Crippen molar-refractivity contribution in [3.63, 3.8) is 0 Å². The van der Waals surface area contributed by atoms with Crippen LogP contribution < -0.4 is 22.1 Å². The molecule has 9 nitrogen and oxygen atoms in total. The van der Waals surface area contributed by atoms with Crippen LogP contribution in [0.3, 0.4) is 0 Å². The van der Waals surface area contributed by atoms with Gasteiger partial charge in [0.15, 0.2) is 0 Å². The van der Waals surface area contributed by atoms with Crippen LogP contribution in [0.1, 0.15) is 24.8 Å². The number of rotatable bonds is 12. The number of aromatic hydroxyl groups is 1. The van der Waals surface area contributed by atoms with E-state index in [0.29, 0.717) is 19.4 Å². The molecule has 0 heterocycles. The molecular weight excluding hydrogens is 384 g/mol. The van der Waals surface area contributed by atoms with Gasteiger partial charge in [-0.15, -0.1) is 0 Å². The highest BCUT2D eigenvalue weighted by atomic mass is 32.1. The summed E-state index contributed by atoms with van der Waals surface area (Å²) in [5.41, 5.74) is 12.0. The number of hydrogen-bond donors (Lipinski definition) is 7. The first-order chi connectivity index (χ1) is 13.3. The van der Waals surface area contributed by atoms with Crippen LogP contribution in [0.4, 0.5) is 0 Å². The lowest BCUT2D eigenvalue weighted by Gasteiger charge is -2.21. The van der Waals surface area contributed by atoms with Gasteiger partial charge >= 0.3 is 5.97 Å². The first kappa shape index (κ1) is 23.7. The van der Waals surface area contributed by atoms with E-state index in [0.717, 1.165) is 5.56 Å². The Hall–Kier alpha value is -2.30. The summed E-state index contributed by atoms with van der Waals surface area (Å²) in [4.78, 5) is 35.9. The summed E-state index contributed by atoms with van der Waals surface area (Å²) in [6.07, 6.45) is 1.66. The number of benzene rings is 1. The third-order valence-corrected chi connectivity index (χ3v) is 4.47. The lowest BCUT2D eigenvalue weighted by molar-refractivity contribution is -0.142. The maximum absolute atomic E-state index is 12.3. The Balaban J connectivity index is 2.62. The Labute approximate surface area is 169 Å². The molecule has 3 atom stereocenters. The van der Waals surface area contributed by atoms with Crippen LogP contribution in [-0.4, -0.2) is 58.4 Å². The number of amides is 2. The van der Waals surface area contributed by atoms with E-state index < -0.39 is 35.9 Å². The van der Waals surface area contributed by atoms with Crippen molar-refractivity contribution in [3.8, 4) is 5.75 Å². The third kappa shape index (κ3) is 8.15. The van der Waals surface area contributed by atoms with Crippen molar-refractivity contribution in [2.45, 2.75) is 43.8 Å². The number of phenolic OH excluding ortho intramolecular Hbond substituents is 1. The van der Waals surface area contributed by atoms with Gasteiger partial charge in [0.2, 0.25) is 11.8 Å². The van der Waals surface area contributed by atoms with E-state index >= 15 is 0 Å². The molecule has 1 aromatic carbocycles. The minimum atomic E-state index is -1.15. The number of carboxylic acid groups (broad SMARTS) is 1. The van der Waals surface area contributed by atoms with E-state index in [-0.39, 0.29) is 24.3 Å². The molecule has 0 aromatic heterocycles. The minimum absolute atomic E-state index is 0.0152. The first-order valence-corrected chi connectivity index (χ1v) is 9.59. The largest absolute Gasteiger partial charge is 0.508 e. The van der Waals surface area contributed by atoms with Gasteiger partial charge in [-0.05, 0) is 49.9 Å². The summed E-state index contributed by atoms with van der Waals surface area (Å²) < 4.78 is 0. The Morgan fingerprint density at radius 3 is 2.18 bits per heavy atom. The van der Waals surface area contributed by atoms with E-state index in [9.17, 15) is 24.6 Å². The van der Waals surface area contributed by atoms with Crippen molar-refractivity contribution in [3.05, 3.63) is 29.8 Å². The molecule has 0 aliphatic rings. The van der Waals surface area contributed by atoms with Gasteiger partial charge in [-0.2, -0.15) is 12.6 Å². The van der Waals surface area contributed by atoms with Gasteiger partial charge in [0.05, 0.1) is 6.04 Å². The highest BCUT2D eigenvalue weighted by Crippen LogP contribution is 2.11. The number of carboxylic acids is 1. The van der Waals surface area contributed by atoms with Gasteiger partial charge in [-0.1, -0.05) is 12.1 Å². The SMILES string of the molecule is NCCCC[C@H](NC(=O)[C@H](CS)NC(=O)[C@@H](N)Cc1ccc(O)cc1)C(=O)O. The average molecular weight is 413 g/mol. The summed E-state index contributed by atoms with van der Waals surface area (Å²) in [5.74, 6) is -2.26. The smallest absolute Gasteiger partial charge is 0.326 e. The summed E-state index contributed by atoms with van der Waals surface area (Å²) >= 11 is 4.06. The minimum Gasteiger partial charge on any atom is -0.508 e. The highest BCUT2D eigenvalue weighted by molar-refractivity contribution is 7.80.